The number of methoxy groups -OCH3 is 1. The minimum absolute atomic E-state index is 0.00499. The lowest BCUT2D eigenvalue weighted by atomic mass is 10.0. The quantitative estimate of drug-likeness (QED) is 0.535. The van der Waals surface area contributed by atoms with E-state index in [2.05, 4.69) is 15.6 Å². The maximum absolute atomic E-state index is 11.7. The fraction of sp³-hybridized carbons (Fsp3) is 0.263. The second-order valence-electron chi connectivity index (χ2n) is 6.22. The van der Waals surface area contributed by atoms with Crippen LogP contribution in [0.5, 0.6) is 11.5 Å². The van der Waals surface area contributed by atoms with Crippen LogP contribution in [0.2, 0.25) is 0 Å². The Labute approximate surface area is 162 Å². The molecule has 3 N–H and O–H groups in total. The summed E-state index contributed by atoms with van der Waals surface area (Å²) in [6.45, 7) is 1.41. The number of hydrogen-bond acceptors (Lipinski definition) is 6. The van der Waals surface area contributed by atoms with Crippen molar-refractivity contribution >= 4 is 28.9 Å². The van der Waals surface area contributed by atoms with Crippen LogP contribution in [0.25, 0.3) is 0 Å². The lowest BCUT2D eigenvalue weighted by molar-refractivity contribution is 0.101. The predicted molar refractivity (Wildman–Crippen MR) is 104 cm³/mol. The number of phenolic OH excluding ortho intramolecular Hbond substituents is 1. The first kappa shape index (κ1) is 18.6. The molecule has 1 aliphatic carbocycles. The van der Waals surface area contributed by atoms with E-state index < -0.39 is 0 Å². The number of nitrogens with one attached hydrogen (secondary N) is 2. The SMILES string of the molecule is COc1ccc(C(C)=O)c(O)c1C1CC1NC(=S)Nc1ccc(C#N)cn1. The average Bonchev–Trinajstić information content (AvgIpc) is 3.39. The van der Waals surface area contributed by atoms with Crippen LogP contribution in [0.4, 0.5) is 5.82 Å². The van der Waals surface area contributed by atoms with Crippen LogP contribution in [-0.4, -0.2) is 34.1 Å². The second kappa shape index (κ2) is 7.60. The van der Waals surface area contributed by atoms with E-state index >= 15 is 0 Å². The van der Waals surface area contributed by atoms with Gasteiger partial charge in [0, 0.05) is 23.7 Å². The highest BCUT2D eigenvalue weighted by Crippen LogP contribution is 2.49. The summed E-state index contributed by atoms with van der Waals surface area (Å²) < 4.78 is 5.35. The molecular weight excluding hydrogens is 364 g/mol. The Kier molecular flexibility index (Phi) is 5.23. The Morgan fingerprint density at radius 3 is 2.78 bits per heavy atom. The number of ketones is 1. The molecule has 138 valence electrons. The maximum atomic E-state index is 11.7. The second-order valence-corrected chi connectivity index (χ2v) is 6.63. The van der Waals surface area contributed by atoms with Crippen molar-refractivity contribution in [1.82, 2.24) is 10.3 Å². The predicted octanol–water partition coefficient (Wildman–Crippen LogP) is 2.71. The highest BCUT2D eigenvalue weighted by atomic mass is 32.1. The van der Waals surface area contributed by atoms with E-state index in [1.807, 2.05) is 6.07 Å². The molecule has 1 fully saturated rings. The van der Waals surface area contributed by atoms with Crippen LogP contribution >= 0.6 is 12.2 Å². The standard InChI is InChI=1S/C19H18N4O3S/c1-10(24)12-4-5-15(26-2)17(18(12)25)13-7-14(13)22-19(27)23-16-6-3-11(8-20)9-21-16/h3-6,9,13-14,25H,7H2,1-2H3,(H2,21,22,23,27). The molecule has 2 unspecified atom stereocenters. The summed E-state index contributed by atoms with van der Waals surface area (Å²) in [7, 11) is 1.53. The third-order valence-electron chi connectivity index (χ3n) is 4.39. The van der Waals surface area contributed by atoms with Crippen molar-refractivity contribution < 1.29 is 14.6 Å². The van der Waals surface area contributed by atoms with Crippen molar-refractivity contribution in [1.29, 1.82) is 5.26 Å². The number of pyridine rings is 1. The summed E-state index contributed by atoms with van der Waals surface area (Å²) >= 11 is 5.30. The number of anilines is 1. The van der Waals surface area contributed by atoms with E-state index in [0.29, 0.717) is 27.8 Å². The Morgan fingerprint density at radius 2 is 2.19 bits per heavy atom. The Bertz CT molecular complexity index is 937. The normalized spacial score (nSPS) is 17.5. The first-order valence-electron chi connectivity index (χ1n) is 8.29. The number of thiocarbonyl (C=S) groups is 1. The van der Waals surface area contributed by atoms with E-state index in [0.717, 1.165) is 6.42 Å². The van der Waals surface area contributed by atoms with Crippen molar-refractivity contribution in [3.05, 3.63) is 47.2 Å². The number of aromatic hydroxyl groups is 1. The van der Waals surface area contributed by atoms with Crippen LogP contribution in [0.15, 0.2) is 30.5 Å². The number of ether oxygens (including phenoxy) is 1. The Morgan fingerprint density at radius 1 is 1.41 bits per heavy atom. The molecule has 2 atom stereocenters. The van der Waals surface area contributed by atoms with E-state index in [1.165, 1.54) is 20.2 Å². The summed E-state index contributed by atoms with van der Waals surface area (Å²) in [4.78, 5) is 15.8. The first-order valence-corrected chi connectivity index (χ1v) is 8.70. The smallest absolute Gasteiger partial charge is 0.172 e. The number of benzene rings is 1. The highest BCUT2D eigenvalue weighted by Gasteiger charge is 2.43. The maximum Gasteiger partial charge on any atom is 0.172 e. The number of phenols is 1. The third kappa shape index (κ3) is 3.99. The van der Waals surface area contributed by atoms with Gasteiger partial charge in [-0.05, 0) is 49.8 Å². The number of aromatic nitrogens is 1. The molecule has 0 bridgehead atoms. The molecule has 0 saturated heterocycles. The molecule has 0 spiro atoms. The van der Waals surface area contributed by atoms with Crippen molar-refractivity contribution in [2.75, 3.05) is 12.4 Å². The molecule has 1 aliphatic rings. The van der Waals surface area contributed by atoms with Crippen LogP contribution in [0.3, 0.4) is 0 Å². The van der Waals surface area contributed by atoms with Gasteiger partial charge in [-0.1, -0.05) is 0 Å². The van der Waals surface area contributed by atoms with Gasteiger partial charge in [-0.3, -0.25) is 4.79 Å². The third-order valence-corrected chi connectivity index (χ3v) is 4.61. The van der Waals surface area contributed by atoms with Crippen LogP contribution < -0.4 is 15.4 Å². The molecule has 27 heavy (non-hydrogen) atoms. The average molecular weight is 382 g/mol. The van der Waals surface area contributed by atoms with Crippen LogP contribution in [0.1, 0.15) is 40.7 Å². The zero-order chi connectivity index (χ0) is 19.6. The number of hydrogen-bond donors (Lipinski definition) is 3. The number of Topliss-reactive ketones (excluding diaryl/α,β-unsaturated/α-hetero) is 1. The van der Waals surface area contributed by atoms with Gasteiger partial charge in [-0.2, -0.15) is 5.26 Å². The van der Waals surface area contributed by atoms with Gasteiger partial charge in [0.05, 0.1) is 18.2 Å². The molecule has 3 rings (SSSR count). The van der Waals surface area contributed by atoms with Gasteiger partial charge in [0.25, 0.3) is 0 Å². The summed E-state index contributed by atoms with van der Waals surface area (Å²) in [6, 6.07) is 8.58. The van der Waals surface area contributed by atoms with Crippen LogP contribution in [-0.2, 0) is 0 Å². The number of carbonyl (C=O) groups excluding carboxylic acids is 1. The number of rotatable bonds is 5. The molecule has 8 heteroatoms. The van der Waals surface area contributed by atoms with Crippen molar-refractivity contribution in [2.24, 2.45) is 0 Å². The zero-order valence-electron chi connectivity index (χ0n) is 14.8. The van der Waals surface area contributed by atoms with Crippen molar-refractivity contribution in [2.45, 2.75) is 25.3 Å². The summed E-state index contributed by atoms with van der Waals surface area (Å²) in [5.74, 6) is 0.810. The van der Waals surface area contributed by atoms with Gasteiger partial charge in [0.2, 0.25) is 0 Å². The van der Waals surface area contributed by atoms with E-state index in [9.17, 15) is 9.90 Å². The Balaban J connectivity index is 1.69. The summed E-state index contributed by atoms with van der Waals surface area (Å²) in [6.07, 6.45) is 2.20. The molecule has 7 nitrogen and oxygen atoms in total. The lowest BCUT2D eigenvalue weighted by Gasteiger charge is -2.14. The molecule has 0 amide bonds. The van der Waals surface area contributed by atoms with Crippen molar-refractivity contribution in [3.8, 4) is 17.6 Å². The van der Waals surface area contributed by atoms with Gasteiger partial charge < -0.3 is 20.5 Å². The number of nitriles is 1. The largest absolute Gasteiger partial charge is 0.507 e. The highest BCUT2D eigenvalue weighted by molar-refractivity contribution is 7.80. The molecule has 1 heterocycles. The molecule has 2 aromatic rings. The molecular formula is C19H18N4O3S. The minimum atomic E-state index is -0.203. The molecule has 0 radical (unpaired) electrons. The number of nitrogens with zero attached hydrogens (tertiary/aromatic N) is 2. The minimum Gasteiger partial charge on any atom is -0.507 e. The first-order chi connectivity index (χ1) is 12.9. The van der Waals surface area contributed by atoms with Gasteiger partial charge in [0.1, 0.15) is 23.4 Å². The van der Waals surface area contributed by atoms with Gasteiger partial charge in [-0.15, -0.1) is 0 Å². The monoisotopic (exact) mass is 382 g/mol. The summed E-state index contributed by atoms with van der Waals surface area (Å²) in [5.41, 5.74) is 1.36. The fourth-order valence-corrected chi connectivity index (χ4v) is 3.19. The number of carbonyl (C=O) groups is 1. The lowest BCUT2D eigenvalue weighted by Crippen LogP contribution is -2.31. The topological polar surface area (TPSA) is 107 Å². The van der Waals surface area contributed by atoms with E-state index in [4.69, 9.17) is 22.2 Å². The van der Waals surface area contributed by atoms with E-state index in [1.54, 1.807) is 24.3 Å². The van der Waals surface area contributed by atoms with Gasteiger partial charge in [0.15, 0.2) is 10.9 Å². The van der Waals surface area contributed by atoms with E-state index in [-0.39, 0.29) is 29.1 Å². The fourth-order valence-electron chi connectivity index (χ4n) is 2.94. The zero-order valence-corrected chi connectivity index (χ0v) is 15.6. The Hall–Kier alpha value is -3.18. The van der Waals surface area contributed by atoms with Crippen molar-refractivity contribution in [3.63, 3.8) is 0 Å². The van der Waals surface area contributed by atoms with Gasteiger partial charge in [-0.25, -0.2) is 4.98 Å². The molecule has 0 aliphatic heterocycles. The molecule has 1 saturated carbocycles. The summed E-state index contributed by atoms with van der Waals surface area (Å²) in [5, 5.41) is 25.8. The van der Waals surface area contributed by atoms with Crippen LogP contribution in [0, 0.1) is 11.3 Å². The molecule has 1 aromatic heterocycles. The molecule has 1 aromatic carbocycles. The van der Waals surface area contributed by atoms with Gasteiger partial charge >= 0.3 is 0 Å².